The van der Waals surface area contributed by atoms with Crippen molar-refractivity contribution in [3.8, 4) is 28.5 Å². The number of pyridine rings is 1. The van der Waals surface area contributed by atoms with Crippen molar-refractivity contribution in [2.24, 2.45) is 7.05 Å². The van der Waals surface area contributed by atoms with Crippen LogP contribution in [0.3, 0.4) is 0 Å². The normalized spacial score (nSPS) is 17.9. The first-order chi connectivity index (χ1) is 16.4. The molecule has 1 saturated heterocycles. The van der Waals surface area contributed by atoms with Crippen molar-refractivity contribution in [1.82, 2.24) is 34.8 Å². The first-order valence-electron chi connectivity index (χ1n) is 10.5. The molecule has 0 bridgehead atoms. The summed E-state index contributed by atoms with van der Waals surface area (Å²) in [5.74, 6) is 1.14. The molecule has 5 heterocycles. The molecule has 1 fully saturated rings. The van der Waals surface area contributed by atoms with Gasteiger partial charge in [-0.3, -0.25) is 9.48 Å². The lowest BCUT2D eigenvalue weighted by atomic mass is 9.98. The molecule has 0 spiro atoms. The van der Waals surface area contributed by atoms with E-state index < -0.39 is 11.5 Å². The molecule has 1 amide bonds. The smallest absolute Gasteiger partial charge is 0.262 e. The molecule has 1 atom stereocenters. The summed E-state index contributed by atoms with van der Waals surface area (Å²) in [6.07, 6.45) is 3.64. The lowest BCUT2D eigenvalue weighted by Crippen LogP contribution is -2.35. The second-order valence-electron chi connectivity index (χ2n) is 7.96. The van der Waals surface area contributed by atoms with Crippen molar-refractivity contribution >= 4 is 17.7 Å². The molecule has 12 heteroatoms. The number of hydrogen-bond acceptors (Lipinski definition) is 10. The number of likely N-dealkylation sites (N-methyl/N-ethyl adjacent to an activating group) is 1. The highest BCUT2D eigenvalue weighted by atomic mass is 16.5. The number of aliphatic hydroxyl groups is 1. The summed E-state index contributed by atoms with van der Waals surface area (Å²) in [5.41, 5.74) is 0.112. The molecule has 5 rings (SSSR count). The van der Waals surface area contributed by atoms with Gasteiger partial charge in [0.25, 0.3) is 5.91 Å². The summed E-state index contributed by atoms with van der Waals surface area (Å²) < 4.78 is 12.5. The predicted octanol–water partition coefficient (Wildman–Crippen LogP) is 1.73. The summed E-state index contributed by atoms with van der Waals surface area (Å²) in [6, 6.07) is 8.48. The van der Waals surface area contributed by atoms with E-state index in [1.54, 1.807) is 49.3 Å². The highest BCUT2D eigenvalue weighted by Crippen LogP contribution is 2.35. The number of aryl methyl sites for hydroxylation is 1. The van der Waals surface area contributed by atoms with E-state index >= 15 is 0 Å². The third-order valence-corrected chi connectivity index (χ3v) is 5.60. The summed E-state index contributed by atoms with van der Waals surface area (Å²) in [4.78, 5) is 27.3. The Bertz CT molecular complexity index is 1370. The Morgan fingerprint density at radius 2 is 1.91 bits per heavy atom. The van der Waals surface area contributed by atoms with Gasteiger partial charge in [0.15, 0.2) is 11.6 Å². The Balaban J connectivity index is 1.48. The Morgan fingerprint density at radius 1 is 1.12 bits per heavy atom. The first kappa shape index (κ1) is 21.5. The number of nitrogens with zero attached hydrogens (tertiary/aromatic N) is 7. The maximum atomic E-state index is 12.4. The zero-order valence-corrected chi connectivity index (χ0v) is 18.8. The van der Waals surface area contributed by atoms with Crippen LogP contribution in [0.25, 0.3) is 22.8 Å². The van der Waals surface area contributed by atoms with Crippen molar-refractivity contribution in [2.45, 2.75) is 12.0 Å². The number of amides is 1. The zero-order valence-electron chi connectivity index (χ0n) is 18.8. The number of anilines is 2. The molecular formula is C22H22N8O4. The van der Waals surface area contributed by atoms with Crippen LogP contribution in [0.4, 0.5) is 11.8 Å². The average Bonchev–Trinajstić information content (AvgIpc) is 3.56. The highest BCUT2D eigenvalue weighted by molar-refractivity contribution is 5.87. The van der Waals surface area contributed by atoms with Crippen molar-refractivity contribution in [3.63, 3.8) is 0 Å². The van der Waals surface area contributed by atoms with E-state index in [1.165, 1.54) is 11.0 Å². The topological polar surface area (TPSA) is 144 Å². The fraction of sp³-hybridized carbons (Fsp3) is 0.273. The Kier molecular flexibility index (Phi) is 5.21. The molecule has 4 aromatic rings. The lowest BCUT2D eigenvalue weighted by molar-refractivity contribution is -0.144. The van der Waals surface area contributed by atoms with Gasteiger partial charge in [-0.1, -0.05) is 5.16 Å². The van der Waals surface area contributed by atoms with Crippen LogP contribution >= 0.6 is 0 Å². The van der Waals surface area contributed by atoms with E-state index in [-0.39, 0.29) is 12.2 Å². The summed E-state index contributed by atoms with van der Waals surface area (Å²) in [6.45, 7) is 0.426. The number of rotatable bonds is 6. The molecule has 34 heavy (non-hydrogen) atoms. The van der Waals surface area contributed by atoms with Crippen LogP contribution in [0.15, 0.2) is 47.2 Å². The van der Waals surface area contributed by atoms with Gasteiger partial charge in [0.05, 0.1) is 24.2 Å². The Hall–Kier alpha value is -4.32. The van der Waals surface area contributed by atoms with Crippen LogP contribution < -0.4 is 10.1 Å². The molecule has 12 nitrogen and oxygen atoms in total. The van der Waals surface area contributed by atoms with Crippen LogP contribution in [-0.2, 0) is 17.4 Å². The number of likely N-dealkylation sites (tertiary alicyclic amines) is 1. The molecule has 2 N–H and O–H groups in total. The van der Waals surface area contributed by atoms with Crippen LogP contribution in [0, 0.1) is 0 Å². The average molecular weight is 462 g/mol. The molecule has 1 unspecified atom stereocenters. The van der Waals surface area contributed by atoms with Crippen LogP contribution in [0.1, 0.15) is 12.2 Å². The molecule has 1 aliphatic rings. The minimum absolute atomic E-state index is 0.0758. The van der Waals surface area contributed by atoms with E-state index in [4.69, 9.17) is 9.26 Å². The van der Waals surface area contributed by atoms with Gasteiger partial charge in [-0.2, -0.15) is 5.10 Å². The number of aromatic nitrogens is 6. The number of methoxy groups -OCH3 is 1. The number of nitrogens with one attached hydrogen (secondary N) is 1. The minimum atomic E-state index is -1.74. The maximum Gasteiger partial charge on any atom is 0.262 e. The molecule has 4 aromatic heterocycles. The monoisotopic (exact) mass is 462 g/mol. The van der Waals surface area contributed by atoms with Gasteiger partial charge in [0.1, 0.15) is 11.4 Å². The molecule has 0 aliphatic carbocycles. The SMILES string of the molecule is COc1cc(-c2cc(C3(O)CCN(C)C3=O)on2)nc(-c2ccnc(Nc3ccn(C)n3)n2)c1. The number of ether oxygens (including phenoxy) is 1. The minimum Gasteiger partial charge on any atom is -0.497 e. The Labute approximate surface area is 194 Å². The van der Waals surface area contributed by atoms with Crippen LogP contribution in [-0.4, -0.2) is 66.5 Å². The largest absolute Gasteiger partial charge is 0.497 e. The van der Waals surface area contributed by atoms with Crippen molar-refractivity contribution < 1.29 is 19.2 Å². The third-order valence-electron chi connectivity index (χ3n) is 5.60. The third kappa shape index (κ3) is 3.83. The standard InChI is InChI=1S/C22H22N8O4/c1-29-9-6-22(32,20(29)31)18-12-17(28-34-18)16-11-13(33-3)10-15(24-16)14-4-7-23-21(25-14)26-19-5-8-30(2)27-19/h4-5,7-8,10-12,32H,6,9H2,1-3H3,(H,23,25,26,27). The van der Waals surface area contributed by atoms with Gasteiger partial charge in [0.2, 0.25) is 11.5 Å². The maximum absolute atomic E-state index is 12.4. The predicted molar refractivity (Wildman–Crippen MR) is 120 cm³/mol. The van der Waals surface area contributed by atoms with E-state index in [2.05, 4.69) is 30.5 Å². The van der Waals surface area contributed by atoms with Crippen LogP contribution in [0.2, 0.25) is 0 Å². The van der Waals surface area contributed by atoms with E-state index in [0.29, 0.717) is 46.8 Å². The van der Waals surface area contributed by atoms with Crippen molar-refractivity contribution in [2.75, 3.05) is 26.0 Å². The molecular weight excluding hydrogens is 440 g/mol. The number of carbonyl (C=O) groups is 1. The molecule has 0 saturated carbocycles. The molecule has 1 aliphatic heterocycles. The second kappa shape index (κ2) is 8.23. The number of hydrogen-bond donors (Lipinski definition) is 2. The van der Waals surface area contributed by atoms with Crippen LogP contribution in [0.5, 0.6) is 5.75 Å². The Morgan fingerprint density at radius 3 is 2.59 bits per heavy atom. The van der Waals surface area contributed by atoms with Gasteiger partial charge >= 0.3 is 0 Å². The second-order valence-corrected chi connectivity index (χ2v) is 7.96. The summed E-state index contributed by atoms with van der Waals surface area (Å²) in [7, 11) is 4.99. The van der Waals surface area contributed by atoms with Gasteiger partial charge in [0, 0.05) is 63.7 Å². The quantitative estimate of drug-likeness (QED) is 0.434. The molecule has 0 radical (unpaired) electrons. The van der Waals surface area contributed by atoms with E-state index in [0.717, 1.165) is 0 Å². The van der Waals surface area contributed by atoms with Gasteiger partial charge in [-0.05, 0) is 6.07 Å². The van der Waals surface area contributed by atoms with Gasteiger partial charge < -0.3 is 24.6 Å². The van der Waals surface area contributed by atoms with E-state index in [1.807, 2.05) is 13.2 Å². The van der Waals surface area contributed by atoms with Gasteiger partial charge in [-0.15, -0.1) is 0 Å². The molecule has 174 valence electrons. The van der Waals surface area contributed by atoms with Crippen molar-refractivity contribution in [1.29, 1.82) is 0 Å². The lowest BCUT2D eigenvalue weighted by Gasteiger charge is -2.16. The van der Waals surface area contributed by atoms with Crippen molar-refractivity contribution in [3.05, 3.63) is 48.5 Å². The fourth-order valence-corrected chi connectivity index (χ4v) is 3.72. The van der Waals surface area contributed by atoms with E-state index in [9.17, 15) is 9.90 Å². The fourth-order valence-electron chi connectivity index (χ4n) is 3.72. The zero-order chi connectivity index (χ0) is 23.9. The van der Waals surface area contributed by atoms with Gasteiger partial charge in [-0.25, -0.2) is 15.0 Å². The summed E-state index contributed by atoms with van der Waals surface area (Å²) in [5, 5.41) is 22.2. The highest BCUT2D eigenvalue weighted by Gasteiger charge is 2.48. The molecule has 0 aromatic carbocycles. The number of carbonyl (C=O) groups excluding carboxylic acids is 1. The first-order valence-corrected chi connectivity index (χ1v) is 10.5. The summed E-state index contributed by atoms with van der Waals surface area (Å²) >= 11 is 0.